The van der Waals surface area contributed by atoms with Crippen molar-refractivity contribution in [2.75, 3.05) is 14.2 Å². The maximum atomic E-state index is 13.1. The summed E-state index contributed by atoms with van der Waals surface area (Å²) in [5.41, 5.74) is -0.395. The number of benzene rings is 2. The minimum absolute atomic E-state index is 0.177. The minimum atomic E-state index is -2.28. The average molecular weight is 427 g/mol. The van der Waals surface area contributed by atoms with Crippen LogP contribution in [0.25, 0.3) is 0 Å². The molecule has 1 N–H and O–H groups in total. The number of aliphatic hydroxyl groups is 1. The fraction of sp³-hybridized carbons (Fsp3) is 0.391. The molecular weight excluding hydrogens is 402 g/mol. The summed E-state index contributed by atoms with van der Waals surface area (Å²) in [4.78, 5) is 38.1. The fourth-order valence-electron chi connectivity index (χ4n) is 4.92. The lowest BCUT2D eigenvalue weighted by molar-refractivity contribution is -0.538. The molecule has 0 radical (unpaired) electrons. The first-order chi connectivity index (χ1) is 14.8. The highest BCUT2D eigenvalue weighted by atomic mass is 16.6. The van der Waals surface area contributed by atoms with E-state index < -0.39 is 46.3 Å². The van der Waals surface area contributed by atoms with Gasteiger partial charge in [-0.05, 0) is 30.0 Å². The zero-order valence-electron chi connectivity index (χ0n) is 17.6. The summed E-state index contributed by atoms with van der Waals surface area (Å²) in [5, 5.41) is 23.7. The van der Waals surface area contributed by atoms with E-state index in [-0.39, 0.29) is 6.42 Å². The fourth-order valence-corrected chi connectivity index (χ4v) is 4.92. The Bertz CT molecular complexity index is 959. The standard InChI is InChI=1S/C23H25NO7/c1-14-9-7-8-12-16(14)17-13-18(25)23(21(26)30-2,22(27)31-3)19(20(17)24(28)29)15-10-5-4-6-11-15/h4-12,17-20,25H,13H2,1-3H3/t17-,18+,19+,20+/m1/s1. The Balaban J connectivity index is 2.34. The van der Waals surface area contributed by atoms with Gasteiger partial charge in [0.1, 0.15) is 0 Å². The lowest BCUT2D eigenvalue weighted by Crippen LogP contribution is -2.62. The number of esters is 2. The van der Waals surface area contributed by atoms with Crippen molar-refractivity contribution < 1.29 is 29.1 Å². The Kier molecular flexibility index (Phi) is 6.40. The molecule has 0 bridgehead atoms. The summed E-state index contributed by atoms with van der Waals surface area (Å²) in [7, 11) is 2.16. The number of rotatable bonds is 5. The van der Waals surface area contributed by atoms with Crippen LogP contribution in [0.4, 0.5) is 0 Å². The Labute approximate surface area is 179 Å². The van der Waals surface area contributed by atoms with Crippen LogP contribution >= 0.6 is 0 Å². The molecule has 31 heavy (non-hydrogen) atoms. The highest BCUT2D eigenvalue weighted by Crippen LogP contribution is 2.54. The van der Waals surface area contributed by atoms with E-state index in [1.165, 1.54) is 0 Å². The van der Waals surface area contributed by atoms with E-state index in [1.54, 1.807) is 42.5 Å². The monoisotopic (exact) mass is 427 g/mol. The van der Waals surface area contributed by atoms with Crippen molar-refractivity contribution in [2.45, 2.75) is 37.3 Å². The zero-order chi connectivity index (χ0) is 22.8. The first-order valence-corrected chi connectivity index (χ1v) is 9.89. The van der Waals surface area contributed by atoms with Crippen LogP contribution in [0.5, 0.6) is 0 Å². The molecule has 0 unspecified atom stereocenters. The van der Waals surface area contributed by atoms with Gasteiger partial charge >= 0.3 is 11.9 Å². The van der Waals surface area contributed by atoms with Crippen LogP contribution in [-0.4, -0.2) is 48.3 Å². The van der Waals surface area contributed by atoms with Crippen LogP contribution < -0.4 is 0 Å². The van der Waals surface area contributed by atoms with Gasteiger partial charge in [0.15, 0.2) is 0 Å². The van der Waals surface area contributed by atoms with Crippen molar-refractivity contribution in [3.8, 4) is 0 Å². The van der Waals surface area contributed by atoms with Gasteiger partial charge in [0.2, 0.25) is 11.5 Å². The SMILES string of the molecule is COC(=O)C1(C(=O)OC)[C@@H](O)C[C@H](c2ccccc2C)[C@H]([N+](=O)[O-])[C@@H]1c1ccccc1. The summed E-state index contributed by atoms with van der Waals surface area (Å²) >= 11 is 0. The largest absolute Gasteiger partial charge is 0.468 e. The van der Waals surface area contributed by atoms with Crippen LogP contribution in [0.15, 0.2) is 54.6 Å². The van der Waals surface area contributed by atoms with E-state index in [0.717, 1.165) is 19.8 Å². The molecule has 1 saturated carbocycles. The van der Waals surface area contributed by atoms with E-state index in [2.05, 4.69) is 0 Å². The summed E-state index contributed by atoms with van der Waals surface area (Å²) in [5.74, 6) is -4.16. The molecule has 2 aromatic rings. The van der Waals surface area contributed by atoms with Gasteiger partial charge in [-0.1, -0.05) is 54.6 Å². The molecule has 4 atom stereocenters. The molecule has 0 saturated heterocycles. The highest BCUT2D eigenvalue weighted by Gasteiger charge is 2.69. The van der Waals surface area contributed by atoms with E-state index in [9.17, 15) is 24.8 Å². The number of hydrogen-bond acceptors (Lipinski definition) is 7. The number of ether oxygens (including phenoxy) is 2. The van der Waals surface area contributed by atoms with Crippen molar-refractivity contribution in [1.82, 2.24) is 0 Å². The van der Waals surface area contributed by atoms with Gasteiger partial charge in [-0.3, -0.25) is 19.7 Å². The second-order valence-corrected chi connectivity index (χ2v) is 7.73. The molecule has 0 heterocycles. The predicted octanol–water partition coefficient (Wildman–Crippen LogP) is 2.60. The third-order valence-electron chi connectivity index (χ3n) is 6.28. The third kappa shape index (κ3) is 3.57. The molecule has 1 aliphatic rings. The van der Waals surface area contributed by atoms with E-state index in [4.69, 9.17) is 9.47 Å². The number of carbonyl (C=O) groups excluding carboxylic acids is 2. The smallest absolute Gasteiger partial charge is 0.326 e. The summed E-state index contributed by atoms with van der Waals surface area (Å²) in [6, 6.07) is 14.1. The molecule has 0 spiro atoms. The number of nitro groups is 1. The first-order valence-electron chi connectivity index (χ1n) is 9.89. The zero-order valence-corrected chi connectivity index (χ0v) is 17.6. The van der Waals surface area contributed by atoms with Crippen LogP contribution in [0.3, 0.4) is 0 Å². The van der Waals surface area contributed by atoms with Gasteiger partial charge in [-0.2, -0.15) is 0 Å². The average Bonchev–Trinajstić information content (AvgIpc) is 2.78. The molecule has 8 nitrogen and oxygen atoms in total. The number of nitrogens with zero attached hydrogens (tertiary/aromatic N) is 1. The molecule has 3 rings (SSSR count). The number of aryl methyl sites for hydroxylation is 1. The van der Waals surface area contributed by atoms with Crippen molar-refractivity contribution in [3.05, 3.63) is 81.4 Å². The van der Waals surface area contributed by atoms with Gasteiger partial charge < -0.3 is 14.6 Å². The van der Waals surface area contributed by atoms with Gasteiger partial charge in [-0.25, -0.2) is 0 Å². The molecule has 1 aliphatic carbocycles. The molecule has 8 heteroatoms. The van der Waals surface area contributed by atoms with Crippen molar-refractivity contribution in [2.24, 2.45) is 5.41 Å². The maximum absolute atomic E-state index is 13.1. The highest BCUT2D eigenvalue weighted by molar-refractivity contribution is 6.02. The topological polar surface area (TPSA) is 116 Å². The summed E-state index contributed by atoms with van der Waals surface area (Å²) < 4.78 is 9.82. The number of methoxy groups -OCH3 is 2. The van der Waals surface area contributed by atoms with Crippen LogP contribution in [0, 0.1) is 22.5 Å². The normalized spacial score (nSPS) is 24.8. The number of hydrogen-bond donors (Lipinski definition) is 1. The first kappa shape index (κ1) is 22.4. The Morgan fingerprint density at radius 2 is 1.58 bits per heavy atom. The van der Waals surface area contributed by atoms with Crippen molar-refractivity contribution >= 4 is 11.9 Å². The minimum Gasteiger partial charge on any atom is -0.468 e. The lowest BCUT2D eigenvalue weighted by atomic mass is 9.56. The second-order valence-electron chi connectivity index (χ2n) is 7.73. The lowest BCUT2D eigenvalue weighted by Gasteiger charge is -2.46. The van der Waals surface area contributed by atoms with Gasteiger partial charge in [0.25, 0.3) is 0 Å². The quantitative estimate of drug-likeness (QED) is 0.337. The molecule has 1 fully saturated rings. The summed E-state index contributed by atoms with van der Waals surface area (Å²) in [6.07, 6.45) is -1.73. The maximum Gasteiger partial charge on any atom is 0.326 e. The summed E-state index contributed by atoms with van der Waals surface area (Å²) in [6.45, 7) is 1.83. The van der Waals surface area contributed by atoms with Crippen molar-refractivity contribution in [3.63, 3.8) is 0 Å². The van der Waals surface area contributed by atoms with E-state index in [0.29, 0.717) is 11.1 Å². The van der Waals surface area contributed by atoms with Gasteiger partial charge in [0, 0.05) is 4.92 Å². The molecule has 2 aromatic carbocycles. The van der Waals surface area contributed by atoms with Gasteiger partial charge in [-0.15, -0.1) is 0 Å². The third-order valence-corrected chi connectivity index (χ3v) is 6.28. The van der Waals surface area contributed by atoms with E-state index in [1.807, 2.05) is 19.1 Å². The van der Waals surface area contributed by atoms with Crippen LogP contribution in [-0.2, 0) is 19.1 Å². The molecule has 0 aliphatic heterocycles. The Hall–Kier alpha value is -3.26. The Morgan fingerprint density at radius 3 is 2.10 bits per heavy atom. The Morgan fingerprint density at radius 1 is 1.03 bits per heavy atom. The van der Waals surface area contributed by atoms with E-state index >= 15 is 0 Å². The molecule has 164 valence electrons. The second kappa shape index (κ2) is 8.85. The number of aliphatic hydroxyl groups excluding tert-OH is 1. The van der Waals surface area contributed by atoms with Crippen LogP contribution in [0.2, 0.25) is 0 Å². The molecule has 0 aromatic heterocycles. The van der Waals surface area contributed by atoms with Gasteiger partial charge in [0.05, 0.1) is 32.2 Å². The van der Waals surface area contributed by atoms with Crippen molar-refractivity contribution in [1.29, 1.82) is 0 Å². The molecule has 0 amide bonds. The molecular formula is C23H25NO7. The predicted molar refractivity (Wildman–Crippen MR) is 111 cm³/mol. The number of carbonyl (C=O) groups is 2. The van der Waals surface area contributed by atoms with Crippen LogP contribution in [0.1, 0.15) is 34.9 Å².